The van der Waals surface area contributed by atoms with Gasteiger partial charge in [0.05, 0.1) is 26.0 Å². The highest BCUT2D eigenvalue weighted by Crippen LogP contribution is 2.31. The zero-order valence-corrected chi connectivity index (χ0v) is 22.6. The summed E-state index contributed by atoms with van der Waals surface area (Å²) in [5.41, 5.74) is 2.35. The lowest BCUT2D eigenvalue weighted by atomic mass is 10.0. The van der Waals surface area contributed by atoms with E-state index in [1.165, 1.54) is 10.7 Å². The third-order valence-electron chi connectivity index (χ3n) is 7.30. The largest absolute Gasteiger partial charge is 0.497 e. The highest BCUT2D eigenvalue weighted by atomic mass is 19.1. The Morgan fingerprint density at radius 1 is 1.15 bits per heavy atom. The first-order chi connectivity index (χ1) is 18.8. The summed E-state index contributed by atoms with van der Waals surface area (Å²) in [6, 6.07) is 16.6. The molecule has 10 heteroatoms. The van der Waals surface area contributed by atoms with E-state index in [1.807, 2.05) is 37.3 Å². The smallest absolute Gasteiger partial charge is 0.259 e. The topological polar surface area (TPSA) is 86.4 Å². The molecule has 0 radical (unpaired) electrons. The van der Waals surface area contributed by atoms with Gasteiger partial charge in [-0.3, -0.25) is 9.69 Å². The number of carbonyl (C=O) groups is 1. The Morgan fingerprint density at radius 3 is 2.49 bits per heavy atom. The minimum atomic E-state index is -0.530. The van der Waals surface area contributed by atoms with Crippen molar-refractivity contribution in [3.05, 3.63) is 77.7 Å². The number of fused-ring (bicyclic) bond motifs is 1. The minimum absolute atomic E-state index is 0.00430. The number of amides is 1. The molecule has 1 aliphatic rings. The molecule has 39 heavy (non-hydrogen) atoms. The minimum Gasteiger partial charge on any atom is -0.497 e. The second-order valence-corrected chi connectivity index (χ2v) is 9.97. The van der Waals surface area contributed by atoms with Gasteiger partial charge in [0.1, 0.15) is 17.0 Å². The summed E-state index contributed by atoms with van der Waals surface area (Å²) in [6.45, 7) is 3.68. The lowest BCUT2D eigenvalue weighted by Gasteiger charge is -2.43. The van der Waals surface area contributed by atoms with E-state index >= 15 is 4.39 Å². The van der Waals surface area contributed by atoms with Crippen LogP contribution in [0.2, 0.25) is 0 Å². The van der Waals surface area contributed by atoms with Crippen molar-refractivity contribution >= 4 is 17.4 Å². The fraction of sp³-hybridized carbons (Fsp3) is 0.345. The maximum atomic E-state index is 15.7. The molecule has 1 saturated heterocycles. The predicted molar refractivity (Wildman–Crippen MR) is 148 cm³/mol. The molecule has 204 valence electrons. The number of methoxy groups -OCH3 is 1. The lowest BCUT2D eigenvalue weighted by molar-refractivity contribution is 0.0283. The average Bonchev–Trinajstić information content (AvgIpc) is 3.36. The maximum absolute atomic E-state index is 15.7. The maximum Gasteiger partial charge on any atom is 0.259 e. The van der Waals surface area contributed by atoms with Crippen molar-refractivity contribution in [2.24, 2.45) is 0 Å². The monoisotopic (exact) mass is 532 g/mol. The van der Waals surface area contributed by atoms with Gasteiger partial charge in [-0.15, -0.1) is 0 Å². The summed E-state index contributed by atoms with van der Waals surface area (Å²) in [5.74, 6) is 0.119. The van der Waals surface area contributed by atoms with Crippen LogP contribution in [0, 0.1) is 5.82 Å². The highest BCUT2D eigenvalue weighted by Gasteiger charge is 2.34. The van der Waals surface area contributed by atoms with Gasteiger partial charge in [0.25, 0.3) is 5.91 Å². The third-order valence-corrected chi connectivity index (χ3v) is 7.30. The molecule has 0 aliphatic carbocycles. The molecule has 0 saturated carbocycles. The molecule has 1 amide bonds. The summed E-state index contributed by atoms with van der Waals surface area (Å²) in [4.78, 5) is 24.1. The summed E-state index contributed by atoms with van der Waals surface area (Å²) in [7, 11) is 5.02. The molecule has 9 nitrogen and oxygen atoms in total. The molecule has 2 aromatic heterocycles. The number of rotatable bonds is 7. The summed E-state index contributed by atoms with van der Waals surface area (Å²) >= 11 is 0. The van der Waals surface area contributed by atoms with Crippen LogP contribution in [0.15, 0.2) is 60.8 Å². The van der Waals surface area contributed by atoms with E-state index in [0.717, 1.165) is 5.56 Å². The Hall–Kier alpha value is -4.02. The van der Waals surface area contributed by atoms with Gasteiger partial charge in [-0.05, 0) is 36.8 Å². The van der Waals surface area contributed by atoms with Crippen LogP contribution < -0.4 is 9.64 Å². The first kappa shape index (κ1) is 26.6. The van der Waals surface area contributed by atoms with Crippen LogP contribution >= 0.6 is 0 Å². The van der Waals surface area contributed by atoms with E-state index in [4.69, 9.17) is 4.74 Å². The Balaban J connectivity index is 1.47. The van der Waals surface area contributed by atoms with Gasteiger partial charge in [-0.1, -0.05) is 30.3 Å². The van der Waals surface area contributed by atoms with E-state index in [9.17, 15) is 9.90 Å². The molecule has 3 heterocycles. The van der Waals surface area contributed by atoms with Crippen LogP contribution in [0.25, 0.3) is 16.9 Å². The third kappa shape index (κ3) is 4.93. The van der Waals surface area contributed by atoms with Crippen LogP contribution in [0.1, 0.15) is 28.9 Å². The highest BCUT2D eigenvalue weighted by molar-refractivity contribution is 6.00. The van der Waals surface area contributed by atoms with Crippen LogP contribution in [-0.2, 0) is 0 Å². The molecule has 2 aromatic carbocycles. The molecule has 4 aromatic rings. The van der Waals surface area contributed by atoms with Crippen molar-refractivity contribution in [2.45, 2.75) is 19.0 Å². The molecule has 0 unspecified atom stereocenters. The zero-order valence-electron chi connectivity index (χ0n) is 22.6. The van der Waals surface area contributed by atoms with E-state index in [2.05, 4.69) is 15.0 Å². The molecule has 0 bridgehead atoms. The van der Waals surface area contributed by atoms with Crippen molar-refractivity contribution in [3.63, 3.8) is 0 Å². The molecule has 0 spiro atoms. The van der Waals surface area contributed by atoms with Crippen molar-refractivity contribution < 1.29 is 19.0 Å². The fourth-order valence-corrected chi connectivity index (χ4v) is 5.27. The quantitative estimate of drug-likeness (QED) is 0.390. The molecule has 1 aliphatic heterocycles. The number of hydrogen-bond donors (Lipinski definition) is 1. The first-order valence-corrected chi connectivity index (χ1v) is 12.9. The number of anilines is 1. The van der Waals surface area contributed by atoms with Gasteiger partial charge in [0.2, 0.25) is 0 Å². The Kier molecular flexibility index (Phi) is 7.49. The second-order valence-electron chi connectivity index (χ2n) is 9.97. The Labute approximate surface area is 227 Å². The number of aromatic nitrogens is 3. The Morgan fingerprint density at radius 2 is 1.87 bits per heavy atom. The van der Waals surface area contributed by atoms with Crippen LogP contribution in [-0.4, -0.2) is 88.9 Å². The molecular weight excluding hydrogens is 499 g/mol. The zero-order chi connectivity index (χ0) is 27.7. The van der Waals surface area contributed by atoms with Crippen molar-refractivity contribution in [2.75, 3.05) is 52.3 Å². The number of carbonyl (C=O) groups excluding carboxylic acids is 1. The van der Waals surface area contributed by atoms with E-state index in [-0.39, 0.29) is 36.1 Å². The van der Waals surface area contributed by atoms with Gasteiger partial charge >= 0.3 is 0 Å². The normalized spacial score (nSPS) is 16.9. The predicted octanol–water partition coefficient (Wildman–Crippen LogP) is 3.49. The molecule has 1 N–H and O–H groups in total. The Bertz CT molecular complexity index is 1460. The second kappa shape index (κ2) is 11.0. The number of aliphatic hydroxyl groups excluding tert-OH is 1. The number of benzene rings is 2. The lowest BCUT2D eigenvalue weighted by Crippen LogP contribution is -2.55. The molecular formula is C29H33FN6O3. The fourth-order valence-electron chi connectivity index (χ4n) is 5.27. The summed E-state index contributed by atoms with van der Waals surface area (Å²) in [6.07, 6.45) is 1.47. The average molecular weight is 533 g/mol. The summed E-state index contributed by atoms with van der Waals surface area (Å²) in [5, 5.41) is 14.5. The summed E-state index contributed by atoms with van der Waals surface area (Å²) < 4.78 is 22.3. The van der Waals surface area contributed by atoms with Crippen LogP contribution in [0.3, 0.4) is 0 Å². The number of ether oxygens (including phenoxy) is 1. The number of nitrogens with zero attached hydrogens (tertiary/aromatic N) is 6. The number of aliphatic hydroxyl groups is 1. The number of hydrogen-bond acceptors (Lipinski definition) is 7. The number of halogens is 1. The first-order valence-electron chi connectivity index (χ1n) is 12.9. The van der Waals surface area contributed by atoms with Crippen molar-refractivity contribution in [1.29, 1.82) is 0 Å². The number of piperazine rings is 1. The van der Waals surface area contributed by atoms with Gasteiger partial charge in [0, 0.05) is 45.3 Å². The van der Waals surface area contributed by atoms with Gasteiger partial charge in [0.15, 0.2) is 17.3 Å². The van der Waals surface area contributed by atoms with Crippen molar-refractivity contribution in [3.8, 4) is 17.0 Å². The van der Waals surface area contributed by atoms with E-state index in [0.29, 0.717) is 42.2 Å². The standard InChI is InChI=1S/C29H33FN6O3/c1-19-17-34(24(18-37)20-8-6-5-7-9-20)14-15-35(19)29(38)23-16-31-36-27(23)32-26(25(30)28(36)33(2)3)21-10-12-22(39-4)13-11-21/h5-13,16,19,24,37H,14-15,17-18H2,1-4H3/t19-,24+/m1/s1. The van der Waals surface area contributed by atoms with Gasteiger partial charge in [-0.25, -0.2) is 9.37 Å². The van der Waals surface area contributed by atoms with Crippen LogP contribution in [0.4, 0.5) is 10.2 Å². The van der Waals surface area contributed by atoms with E-state index in [1.54, 1.807) is 55.3 Å². The molecule has 5 rings (SSSR count). The van der Waals surface area contributed by atoms with Gasteiger partial charge in [-0.2, -0.15) is 9.61 Å². The van der Waals surface area contributed by atoms with Gasteiger partial charge < -0.3 is 19.6 Å². The molecule has 2 atom stereocenters. The molecule has 1 fully saturated rings. The SMILES string of the molecule is COc1ccc(-c2nc3c(C(=O)N4CCN([C@@H](CO)c5ccccc5)C[C@H]4C)cnn3c(N(C)C)c2F)cc1. The van der Waals surface area contributed by atoms with E-state index < -0.39 is 5.82 Å². The van der Waals surface area contributed by atoms with Crippen LogP contribution in [0.5, 0.6) is 5.75 Å². The van der Waals surface area contributed by atoms with Crippen molar-refractivity contribution in [1.82, 2.24) is 24.4 Å².